The van der Waals surface area contributed by atoms with Crippen molar-refractivity contribution >= 4 is 21.7 Å². The van der Waals surface area contributed by atoms with E-state index in [9.17, 15) is 0 Å². The molecule has 0 spiro atoms. The van der Waals surface area contributed by atoms with E-state index in [2.05, 4.69) is 44.1 Å². The van der Waals surface area contributed by atoms with Crippen LogP contribution in [0.25, 0.3) is 0 Å². The fourth-order valence-corrected chi connectivity index (χ4v) is 2.45. The van der Waals surface area contributed by atoms with Crippen molar-refractivity contribution in [1.29, 1.82) is 0 Å². The molecule has 0 saturated heterocycles. The second kappa shape index (κ2) is 11.0. The first kappa shape index (κ1) is 18.4. The molecule has 120 valence electrons. The number of hydrogen-bond acceptors (Lipinski definition) is 5. The van der Waals surface area contributed by atoms with Crippen LogP contribution in [0.2, 0.25) is 0 Å². The Bertz CT molecular complexity index is 405. The van der Waals surface area contributed by atoms with E-state index in [-0.39, 0.29) is 0 Å². The molecule has 1 N–H and O–H groups in total. The summed E-state index contributed by atoms with van der Waals surface area (Å²) >= 11 is 3.50. The van der Waals surface area contributed by atoms with Crippen molar-refractivity contribution in [3.8, 4) is 0 Å². The molecule has 0 aromatic carbocycles. The molecule has 0 atom stereocenters. The molecule has 0 aliphatic carbocycles. The number of hydrogen-bond donors (Lipinski definition) is 1. The van der Waals surface area contributed by atoms with Gasteiger partial charge in [0.1, 0.15) is 5.82 Å². The van der Waals surface area contributed by atoms with E-state index < -0.39 is 0 Å². The average molecular weight is 360 g/mol. The Hall–Kier alpha value is -0.690. The summed E-state index contributed by atoms with van der Waals surface area (Å²) in [5, 5.41) is 3.37. The zero-order valence-electron chi connectivity index (χ0n) is 13.2. The van der Waals surface area contributed by atoms with Crippen LogP contribution in [0, 0.1) is 0 Å². The number of aromatic nitrogens is 1. The highest BCUT2D eigenvalue weighted by Crippen LogP contribution is 2.22. The zero-order chi connectivity index (χ0) is 15.5. The highest BCUT2D eigenvalue weighted by atomic mass is 79.9. The second-order valence-corrected chi connectivity index (χ2v) is 5.66. The average Bonchev–Trinajstić information content (AvgIpc) is 2.49. The molecule has 21 heavy (non-hydrogen) atoms. The summed E-state index contributed by atoms with van der Waals surface area (Å²) in [7, 11) is 3.45. The maximum atomic E-state index is 5.22. The fourth-order valence-electron chi connectivity index (χ4n) is 2.07. The van der Waals surface area contributed by atoms with Gasteiger partial charge in [0.2, 0.25) is 0 Å². The molecule has 0 radical (unpaired) electrons. The number of anilines is 1. The van der Waals surface area contributed by atoms with E-state index >= 15 is 0 Å². The van der Waals surface area contributed by atoms with Gasteiger partial charge in [0.05, 0.1) is 6.61 Å². The quantitative estimate of drug-likeness (QED) is 0.615. The van der Waals surface area contributed by atoms with Crippen molar-refractivity contribution < 1.29 is 9.47 Å². The maximum absolute atomic E-state index is 5.22. The second-order valence-electron chi connectivity index (χ2n) is 4.74. The van der Waals surface area contributed by atoms with Crippen LogP contribution in [0.15, 0.2) is 16.7 Å². The Morgan fingerprint density at radius 2 is 2.00 bits per heavy atom. The van der Waals surface area contributed by atoms with Gasteiger partial charge in [-0.1, -0.05) is 6.92 Å². The lowest BCUT2D eigenvalue weighted by Gasteiger charge is -2.26. The van der Waals surface area contributed by atoms with Gasteiger partial charge in [-0.25, -0.2) is 4.98 Å². The lowest BCUT2D eigenvalue weighted by molar-refractivity contribution is 0.191. The lowest BCUT2D eigenvalue weighted by Crippen LogP contribution is -2.31. The Labute approximate surface area is 136 Å². The topological polar surface area (TPSA) is 46.6 Å². The smallest absolute Gasteiger partial charge is 0.133 e. The minimum atomic E-state index is 0.686. The molecule has 0 aliphatic heterocycles. The minimum absolute atomic E-state index is 0.686. The summed E-state index contributed by atoms with van der Waals surface area (Å²) in [6, 6.07) is 2.13. The van der Waals surface area contributed by atoms with Gasteiger partial charge in [-0.3, -0.25) is 0 Å². The highest BCUT2D eigenvalue weighted by molar-refractivity contribution is 9.10. The van der Waals surface area contributed by atoms with Crippen molar-refractivity contribution in [2.24, 2.45) is 0 Å². The third-order valence-electron chi connectivity index (χ3n) is 3.12. The van der Waals surface area contributed by atoms with Crippen molar-refractivity contribution in [1.82, 2.24) is 10.3 Å². The van der Waals surface area contributed by atoms with Crippen molar-refractivity contribution in [2.45, 2.75) is 19.9 Å². The Kier molecular flexibility index (Phi) is 9.58. The van der Waals surface area contributed by atoms with Gasteiger partial charge >= 0.3 is 0 Å². The van der Waals surface area contributed by atoms with Crippen LogP contribution in [0.4, 0.5) is 5.82 Å². The predicted molar refractivity (Wildman–Crippen MR) is 89.9 cm³/mol. The number of pyridine rings is 1. The first-order valence-electron chi connectivity index (χ1n) is 7.30. The Morgan fingerprint density at radius 3 is 2.67 bits per heavy atom. The monoisotopic (exact) mass is 359 g/mol. The van der Waals surface area contributed by atoms with Crippen molar-refractivity contribution in [2.75, 3.05) is 52.0 Å². The van der Waals surface area contributed by atoms with Crippen LogP contribution in [0.3, 0.4) is 0 Å². The number of nitrogens with one attached hydrogen (secondary N) is 1. The summed E-state index contributed by atoms with van der Waals surface area (Å²) < 4.78 is 11.4. The largest absolute Gasteiger partial charge is 0.385 e. The molecule has 0 bridgehead atoms. The van der Waals surface area contributed by atoms with E-state index in [0.29, 0.717) is 6.61 Å². The van der Waals surface area contributed by atoms with Gasteiger partial charge in [0, 0.05) is 56.7 Å². The molecular weight excluding hydrogens is 334 g/mol. The molecule has 1 rings (SSSR count). The van der Waals surface area contributed by atoms with E-state index in [4.69, 9.17) is 9.47 Å². The summed E-state index contributed by atoms with van der Waals surface area (Å²) in [5.41, 5.74) is 1.19. The van der Waals surface area contributed by atoms with Gasteiger partial charge in [0.15, 0.2) is 0 Å². The maximum Gasteiger partial charge on any atom is 0.133 e. The number of halogens is 1. The summed E-state index contributed by atoms with van der Waals surface area (Å²) in [6.45, 7) is 7.03. The number of ether oxygens (including phenoxy) is 2. The van der Waals surface area contributed by atoms with Crippen LogP contribution in [0.1, 0.15) is 18.9 Å². The van der Waals surface area contributed by atoms with E-state index in [1.165, 1.54) is 5.56 Å². The SMILES string of the molecule is CCNCc1cc(Br)cnc1N(CCCOC)CCOC. The van der Waals surface area contributed by atoms with Gasteiger partial charge < -0.3 is 19.7 Å². The first-order chi connectivity index (χ1) is 10.2. The number of rotatable bonds is 11. The first-order valence-corrected chi connectivity index (χ1v) is 8.10. The normalized spacial score (nSPS) is 10.9. The van der Waals surface area contributed by atoms with Crippen LogP contribution < -0.4 is 10.2 Å². The number of methoxy groups -OCH3 is 2. The zero-order valence-corrected chi connectivity index (χ0v) is 14.8. The number of nitrogens with zero attached hydrogens (tertiary/aromatic N) is 2. The third-order valence-corrected chi connectivity index (χ3v) is 3.55. The summed E-state index contributed by atoms with van der Waals surface area (Å²) in [5.74, 6) is 1.02. The summed E-state index contributed by atoms with van der Waals surface area (Å²) in [4.78, 5) is 6.87. The minimum Gasteiger partial charge on any atom is -0.385 e. The molecule has 0 unspecified atom stereocenters. The molecule has 5 nitrogen and oxygen atoms in total. The lowest BCUT2D eigenvalue weighted by atomic mass is 10.2. The third kappa shape index (κ3) is 6.74. The highest BCUT2D eigenvalue weighted by Gasteiger charge is 2.13. The van der Waals surface area contributed by atoms with Gasteiger partial charge in [-0.15, -0.1) is 0 Å². The molecule has 0 saturated carbocycles. The Morgan fingerprint density at radius 1 is 1.24 bits per heavy atom. The van der Waals surface area contributed by atoms with E-state index in [0.717, 1.165) is 49.5 Å². The van der Waals surface area contributed by atoms with Crippen LogP contribution >= 0.6 is 15.9 Å². The van der Waals surface area contributed by atoms with Gasteiger partial charge in [-0.05, 0) is 35.0 Å². The van der Waals surface area contributed by atoms with Gasteiger partial charge in [0.25, 0.3) is 0 Å². The predicted octanol–water partition coefficient (Wildman–Crippen LogP) is 2.44. The Balaban J connectivity index is 2.86. The molecule has 0 fully saturated rings. The molecule has 6 heteroatoms. The standard InChI is InChI=1S/C15H26BrN3O2/c1-4-17-11-13-10-14(16)12-18-15(13)19(7-9-21-3)6-5-8-20-2/h10,12,17H,4-9,11H2,1-3H3. The van der Waals surface area contributed by atoms with E-state index in [1.54, 1.807) is 14.2 Å². The molecule has 1 heterocycles. The molecule has 1 aromatic rings. The molecule has 0 aliphatic rings. The molecule has 0 amide bonds. The van der Waals surface area contributed by atoms with E-state index in [1.807, 2.05) is 6.20 Å². The van der Waals surface area contributed by atoms with Gasteiger partial charge in [-0.2, -0.15) is 0 Å². The molecular formula is C15H26BrN3O2. The van der Waals surface area contributed by atoms with Crippen LogP contribution in [-0.2, 0) is 16.0 Å². The molecule has 1 aromatic heterocycles. The summed E-state index contributed by atoms with van der Waals surface area (Å²) in [6.07, 6.45) is 2.82. The fraction of sp³-hybridized carbons (Fsp3) is 0.667. The van der Waals surface area contributed by atoms with Crippen molar-refractivity contribution in [3.05, 3.63) is 22.3 Å². The van der Waals surface area contributed by atoms with Crippen LogP contribution in [0.5, 0.6) is 0 Å². The van der Waals surface area contributed by atoms with Crippen molar-refractivity contribution in [3.63, 3.8) is 0 Å². The van der Waals surface area contributed by atoms with Crippen LogP contribution in [-0.4, -0.2) is 52.1 Å².